The Bertz CT molecular complexity index is 4870. The van der Waals surface area contributed by atoms with Gasteiger partial charge in [-0.15, -0.1) is 0 Å². The number of para-hydroxylation sites is 1. The molecule has 1 aliphatic heterocycles. The molecule has 0 bridgehead atoms. The Morgan fingerprint density at radius 3 is 1.23 bits per heavy atom. The molecule has 3 aromatic carbocycles. The predicted octanol–water partition coefficient (Wildman–Crippen LogP) is -5.16. The number of carbonyl (C=O) groups excluding carboxylic acids is 15. The number of carboxylic acids is 8. The van der Waals surface area contributed by atoms with Crippen LogP contribution in [-0.4, -0.2) is 290 Å². The van der Waals surface area contributed by atoms with Crippen LogP contribution in [0.25, 0.3) is 10.9 Å². The summed E-state index contributed by atoms with van der Waals surface area (Å²) in [5.74, 6) is -31.5. The van der Waals surface area contributed by atoms with Crippen LogP contribution in [0, 0.1) is 5.92 Å². The molecule has 14 atom stereocenters. The number of fused-ring (bicyclic) bond motifs is 1. The number of amides is 15. The number of nitrogens with zero attached hydrogens (tertiary/aromatic N) is 1. The van der Waals surface area contributed by atoms with Crippen molar-refractivity contribution in [3.8, 4) is 5.75 Å². The van der Waals surface area contributed by atoms with Gasteiger partial charge >= 0.3 is 47.8 Å². The lowest BCUT2D eigenvalue weighted by Gasteiger charge is -2.30. The smallest absolute Gasteiger partial charge is 0.326 e. The van der Waals surface area contributed by atoms with Crippen LogP contribution in [0.4, 0.5) is 0 Å². The number of aromatic hydroxyl groups is 1. The number of aliphatic carboxylic acids is 8. The van der Waals surface area contributed by atoms with Crippen molar-refractivity contribution < 1.29 is 156 Å². The molecule has 0 aliphatic carbocycles. The maximum atomic E-state index is 15.0. The number of carbonyl (C=O) groups is 23. The lowest BCUT2D eigenvalue weighted by Crippen LogP contribution is -2.61. The molecule has 1 aliphatic rings. The first-order chi connectivity index (χ1) is 62.2. The van der Waals surface area contributed by atoms with Crippen molar-refractivity contribution in [1.29, 1.82) is 0 Å². The summed E-state index contributed by atoms with van der Waals surface area (Å²) in [6, 6.07) is -5.86. The number of H-pyrrole nitrogens is 1. The second-order valence-corrected chi connectivity index (χ2v) is 31.4. The Morgan fingerprint density at radius 1 is 0.394 bits per heavy atom. The molecule has 0 radical (unpaired) electrons. The molecule has 49 nitrogen and oxygen atoms in total. The minimum atomic E-state index is -2.22. The summed E-state index contributed by atoms with van der Waals surface area (Å²) in [5, 5.41) is 118. The molecule has 1 aromatic heterocycles. The third-order valence-corrected chi connectivity index (χ3v) is 20.4. The number of phenolic OH excluding ortho intramolecular Hbond substituents is 1. The van der Waals surface area contributed by atoms with Crippen LogP contribution < -0.4 is 80.6 Å². The number of rotatable bonds is 58. The molecule has 27 N–H and O–H groups in total. The van der Waals surface area contributed by atoms with Crippen molar-refractivity contribution in [3.05, 3.63) is 102 Å². The van der Waals surface area contributed by atoms with E-state index in [4.69, 9.17) is 11.5 Å². The average molecular weight is 1860 g/mol. The van der Waals surface area contributed by atoms with Gasteiger partial charge in [0.05, 0.1) is 25.4 Å². The maximum absolute atomic E-state index is 15.0. The monoisotopic (exact) mass is 1860 g/mol. The molecule has 0 spiro atoms. The molecule has 718 valence electrons. The van der Waals surface area contributed by atoms with Gasteiger partial charge in [0.2, 0.25) is 88.6 Å². The second kappa shape index (κ2) is 52.9. The molecule has 15 amide bonds. The van der Waals surface area contributed by atoms with E-state index >= 15 is 0 Å². The Hall–Kier alpha value is -15.2. The van der Waals surface area contributed by atoms with Crippen LogP contribution in [0.5, 0.6) is 5.75 Å². The third kappa shape index (κ3) is 37.2. The van der Waals surface area contributed by atoms with Gasteiger partial charge in [0.15, 0.2) is 0 Å². The quantitative estimate of drug-likeness (QED) is 0.0197. The highest BCUT2D eigenvalue weighted by Gasteiger charge is 2.43. The highest BCUT2D eigenvalue weighted by atomic mass is 16.4. The van der Waals surface area contributed by atoms with Crippen molar-refractivity contribution in [2.24, 2.45) is 17.4 Å². The van der Waals surface area contributed by atoms with Gasteiger partial charge in [-0.1, -0.05) is 74.5 Å². The Morgan fingerprint density at radius 2 is 0.765 bits per heavy atom. The zero-order valence-electron chi connectivity index (χ0n) is 71.8. The number of phenols is 1. The number of nitrogens with two attached hydrogens (primary N) is 2. The molecular formula is C83H109N17O32. The SMILES string of the molecule is CC(C)C[C@H](NC(=O)[C@H](Cc1c[nH]c2ccccc12)NC(=O)[C@H](CCC(=O)O)NC(=O)[C@H](Cc1ccccc1)NC(=O)[C@H](Cc1ccc(O)cc1)NC(=O)[C@H](CC(=O)O)NC(=O)CNC(=O)[C@H](CCC(=O)O)NC(=O)[C@@H]1CCCN1C(=O)[C@H](CCC(=O)O)NC(=O)[C@H](CC(=O)O)NC(=O)[C@H](CCC(=O)O)NC(=O)[C@H](CCC(N)=O)NC(=O)[C@H](C)N)C(=O)N[C@@H](CCC(=O)O)C(=O)O. The lowest BCUT2D eigenvalue weighted by atomic mass is 9.99. The van der Waals surface area contributed by atoms with Crippen LogP contribution in [0.15, 0.2) is 85.1 Å². The number of hydrogen-bond acceptors (Lipinski definition) is 25. The molecule has 4 aromatic rings. The van der Waals surface area contributed by atoms with Gasteiger partial charge in [0, 0.05) is 81.4 Å². The third-order valence-electron chi connectivity index (χ3n) is 20.4. The maximum Gasteiger partial charge on any atom is 0.326 e. The molecule has 2 heterocycles. The largest absolute Gasteiger partial charge is 0.508 e. The van der Waals surface area contributed by atoms with E-state index in [-0.39, 0.29) is 49.5 Å². The summed E-state index contributed by atoms with van der Waals surface area (Å²) in [6.07, 6.45) is -11.5. The number of primary amides is 1. The van der Waals surface area contributed by atoms with Gasteiger partial charge < -0.3 is 136 Å². The molecule has 1 fully saturated rings. The van der Waals surface area contributed by atoms with Gasteiger partial charge in [0.1, 0.15) is 84.3 Å². The summed E-state index contributed by atoms with van der Waals surface area (Å²) >= 11 is 0. The fourth-order valence-corrected chi connectivity index (χ4v) is 13.6. The molecule has 132 heavy (non-hydrogen) atoms. The van der Waals surface area contributed by atoms with E-state index in [2.05, 4.69) is 68.8 Å². The Labute approximate surface area is 751 Å². The first-order valence-corrected chi connectivity index (χ1v) is 41.6. The molecule has 5 rings (SSSR count). The Kier molecular flexibility index (Phi) is 43.0. The van der Waals surface area contributed by atoms with Gasteiger partial charge in [-0.05, 0) is 106 Å². The van der Waals surface area contributed by atoms with Gasteiger partial charge in [-0.2, -0.15) is 0 Å². The van der Waals surface area contributed by atoms with Crippen LogP contribution in [0.3, 0.4) is 0 Å². The number of hydrogen-bond donors (Lipinski definition) is 25. The van der Waals surface area contributed by atoms with Crippen molar-refractivity contribution in [2.45, 2.75) is 234 Å². The van der Waals surface area contributed by atoms with Crippen LogP contribution >= 0.6 is 0 Å². The van der Waals surface area contributed by atoms with Gasteiger partial charge in [-0.25, -0.2) is 4.79 Å². The van der Waals surface area contributed by atoms with E-state index in [1.165, 1.54) is 49.5 Å². The Balaban J connectivity index is 1.39. The number of likely N-dealkylation sites (tertiary alicyclic amines) is 1. The summed E-state index contributed by atoms with van der Waals surface area (Å²) in [5.41, 5.74) is 12.3. The van der Waals surface area contributed by atoms with E-state index in [0.717, 1.165) is 4.90 Å². The predicted molar refractivity (Wildman–Crippen MR) is 453 cm³/mol. The van der Waals surface area contributed by atoms with Crippen LogP contribution in [0.2, 0.25) is 0 Å². The standard InChI is InChI=1S/C83H109N17O32/c1-40(2)32-54(75(123)94-53(83(131)132)24-30-67(112)113)95-78(126)57(35-44-38-86-47-13-8-7-12-46(44)47)98-73(121)51(22-28-65(108)109)91-76(124)55(33-42-10-5-4-6-11-42)96-77(125)56(34-43-15-17-45(101)18-16-43)97-79(127)58(36-68(114)115)88-62(103)39-87-71(119)48(20-26-63(104)105)92-81(129)60-14-9-31-100(60)82(130)52(23-29-66(110)111)93-80(128)59(37-69(116)117)99-74(122)50(21-27-64(106)107)90-72(120)49(19-25-61(85)102)89-70(118)41(3)84/h4-8,10-13,15-18,38,40-41,48-60,86,101H,9,14,19-37,39,84H2,1-3H3,(H2,85,102)(H,87,119)(H,88,103)(H,89,118)(H,90,120)(H,91,124)(H,92,129)(H,93,128)(H,94,123)(H,95,126)(H,96,125)(H,97,127)(H,98,121)(H,99,122)(H,104,105)(H,106,107)(H,108,109)(H,110,111)(H,112,113)(H,114,115)(H,116,117)(H,131,132)/t41-,48-,49-,50-,51-,52-,53-,54-,55-,56-,57-,58-,59-,60-/m0/s1. The van der Waals surface area contributed by atoms with Crippen molar-refractivity contribution in [2.75, 3.05) is 13.1 Å². The summed E-state index contributed by atoms with van der Waals surface area (Å²) in [6.45, 7) is 3.02. The number of aromatic nitrogens is 1. The minimum Gasteiger partial charge on any atom is -0.508 e. The fourth-order valence-electron chi connectivity index (χ4n) is 13.6. The number of benzene rings is 3. The van der Waals surface area contributed by atoms with Crippen molar-refractivity contribution in [1.82, 2.24) is 79.0 Å². The van der Waals surface area contributed by atoms with E-state index in [0.29, 0.717) is 22.0 Å². The minimum absolute atomic E-state index is 0.0205. The summed E-state index contributed by atoms with van der Waals surface area (Å²) in [4.78, 5) is 310. The number of aromatic amines is 1. The molecule has 1 saturated heterocycles. The molecule has 0 saturated carbocycles. The van der Waals surface area contributed by atoms with Crippen LogP contribution in [0.1, 0.15) is 147 Å². The topological polar surface area (TPSA) is 802 Å². The average Bonchev–Trinajstić information content (AvgIpc) is 1.65. The van der Waals surface area contributed by atoms with E-state index < -0.39 is 330 Å². The first-order valence-electron chi connectivity index (χ1n) is 41.6. The van der Waals surface area contributed by atoms with Gasteiger partial charge in [0.25, 0.3) is 0 Å². The zero-order valence-corrected chi connectivity index (χ0v) is 71.8. The molecular weight excluding hydrogens is 1750 g/mol. The van der Waals surface area contributed by atoms with E-state index in [9.17, 15) is 156 Å². The molecule has 0 unspecified atom stereocenters. The highest BCUT2D eigenvalue weighted by Crippen LogP contribution is 2.24. The second-order valence-electron chi connectivity index (χ2n) is 31.4. The van der Waals surface area contributed by atoms with E-state index in [1.54, 1.807) is 56.3 Å². The molecule has 49 heteroatoms. The normalized spacial score (nSPS) is 15.1. The fraction of sp³-hybridized carbons (Fsp3) is 0.482. The van der Waals surface area contributed by atoms with E-state index in [1.807, 2.05) is 5.32 Å². The summed E-state index contributed by atoms with van der Waals surface area (Å²) < 4.78 is 0. The van der Waals surface area contributed by atoms with Crippen molar-refractivity contribution >= 4 is 147 Å². The van der Waals surface area contributed by atoms with Crippen molar-refractivity contribution in [3.63, 3.8) is 0 Å². The number of carboxylic acid groups (broad SMARTS) is 8. The lowest BCUT2D eigenvalue weighted by molar-refractivity contribution is -0.145. The first kappa shape index (κ1) is 107. The van der Waals surface area contributed by atoms with Crippen LogP contribution in [-0.2, 0) is 130 Å². The highest BCUT2D eigenvalue weighted by molar-refractivity contribution is 6.02. The summed E-state index contributed by atoms with van der Waals surface area (Å²) in [7, 11) is 0. The zero-order chi connectivity index (χ0) is 98.3. The van der Waals surface area contributed by atoms with Gasteiger partial charge in [-0.3, -0.25) is 105 Å². The number of nitrogens with one attached hydrogen (secondary N) is 14.